The van der Waals surface area contributed by atoms with Gasteiger partial charge in [-0.3, -0.25) is 4.79 Å². The van der Waals surface area contributed by atoms with Crippen LogP contribution in [-0.2, 0) is 0 Å². The molecule has 2 aromatic rings. The minimum atomic E-state index is -0.197. The number of nitrogen functional groups attached to an aromatic ring is 2. The number of hydrogen-bond acceptors (Lipinski definition) is 4. The molecule has 4 heteroatoms. The van der Waals surface area contributed by atoms with E-state index in [0.717, 1.165) is 5.56 Å². The predicted octanol–water partition coefficient (Wildman–Crippen LogP) is 1.79. The maximum absolute atomic E-state index is 12.2. The topological polar surface area (TPSA) is 82.0 Å². The lowest BCUT2D eigenvalue weighted by Gasteiger charge is -2.07. The Kier molecular flexibility index (Phi) is 2.78. The number of hydrogen-bond donors (Lipinski definition) is 2. The largest absolute Gasteiger partial charge is 0.398 e. The van der Waals surface area contributed by atoms with E-state index >= 15 is 0 Å². The highest BCUT2D eigenvalue weighted by Crippen LogP contribution is 2.20. The first kappa shape index (κ1) is 11.1. The lowest BCUT2D eigenvalue weighted by molar-refractivity contribution is 0.104. The molecule has 0 aliphatic carbocycles. The number of carbonyl (C=O) groups excluding carboxylic acids is 1. The van der Waals surface area contributed by atoms with Crippen molar-refractivity contribution in [2.75, 3.05) is 11.5 Å². The van der Waals surface area contributed by atoms with Crippen LogP contribution in [0, 0.1) is 6.92 Å². The molecule has 0 atom stereocenters. The van der Waals surface area contributed by atoms with E-state index in [2.05, 4.69) is 4.98 Å². The Morgan fingerprint density at radius 3 is 2.65 bits per heavy atom. The van der Waals surface area contributed by atoms with Crippen molar-refractivity contribution in [2.24, 2.45) is 0 Å². The molecule has 2 rings (SSSR count). The number of ketones is 1. The van der Waals surface area contributed by atoms with Crippen LogP contribution in [-0.4, -0.2) is 10.8 Å². The summed E-state index contributed by atoms with van der Waals surface area (Å²) in [5, 5.41) is 0. The molecule has 0 fully saturated rings. The summed E-state index contributed by atoms with van der Waals surface area (Å²) in [6.07, 6.45) is 1.55. The van der Waals surface area contributed by atoms with Crippen molar-refractivity contribution in [3.05, 3.63) is 53.2 Å². The molecule has 0 spiro atoms. The molecule has 0 aliphatic rings. The zero-order valence-corrected chi connectivity index (χ0v) is 9.47. The van der Waals surface area contributed by atoms with Crippen LogP contribution in [0.1, 0.15) is 21.5 Å². The van der Waals surface area contributed by atoms with Crippen molar-refractivity contribution < 1.29 is 4.79 Å². The fraction of sp³-hybridized carbons (Fsp3) is 0.0769. The van der Waals surface area contributed by atoms with Crippen molar-refractivity contribution in [2.45, 2.75) is 6.92 Å². The first-order chi connectivity index (χ1) is 8.09. The third kappa shape index (κ3) is 2.10. The van der Waals surface area contributed by atoms with Gasteiger partial charge in [0.15, 0.2) is 5.78 Å². The first-order valence-electron chi connectivity index (χ1n) is 5.21. The summed E-state index contributed by atoms with van der Waals surface area (Å²) in [5.41, 5.74) is 13.7. The molecule has 0 aliphatic heterocycles. The van der Waals surface area contributed by atoms with E-state index in [1.54, 1.807) is 30.5 Å². The Hall–Kier alpha value is -2.36. The summed E-state index contributed by atoms with van der Waals surface area (Å²) < 4.78 is 0. The zero-order valence-electron chi connectivity index (χ0n) is 9.47. The van der Waals surface area contributed by atoms with Gasteiger partial charge in [-0.1, -0.05) is 11.6 Å². The van der Waals surface area contributed by atoms with Gasteiger partial charge < -0.3 is 11.5 Å². The van der Waals surface area contributed by atoms with Crippen LogP contribution in [0.5, 0.6) is 0 Å². The second-order valence-corrected chi connectivity index (χ2v) is 3.86. The predicted molar refractivity (Wildman–Crippen MR) is 67.7 cm³/mol. The molecule has 0 bridgehead atoms. The number of anilines is 2. The van der Waals surface area contributed by atoms with E-state index in [1.165, 1.54) is 0 Å². The van der Waals surface area contributed by atoms with Crippen molar-refractivity contribution in [1.29, 1.82) is 0 Å². The summed E-state index contributed by atoms with van der Waals surface area (Å²) in [4.78, 5) is 16.1. The molecule has 1 aromatic carbocycles. The quantitative estimate of drug-likeness (QED) is 0.605. The van der Waals surface area contributed by atoms with E-state index in [9.17, 15) is 4.79 Å². The van der Waals surface area contributed by atoms with Gasteiger partial charge >= 0.3 is 0 Å². The van der Waals surface area contributed by atoms with E-state index in [0.29, 0.717) is 16.8 Å². The Labute approximate surface area is 99.3 Å². The van der Waals surface area contributed by atoms with Crippen LogP contribution in [0.2, 0.25) is 0 Å². The summed E-state index contributed by atoms with van der Waals surface area (Å²) >= 11 is 0. The number of carbonyl (C=O) groups is 1. The number of nitrogens with two attached hydrogens (primary N) is 2. The van der Waals surface area contributed by atoms with Gasteiger partial charge in [0.1, 0.15) is 5.82 Å². The number of benzene rings is 1. The van der Waals surface area contributed by atoms with Crippen LogP contribution in [0.4, 0.5) is 11.5 Å². The third-order valence-electron chi connectivity index (χ3n) is 2.54. The van der Waals surface area contributed by atoms with Crippen LogP contribution in [0.25, 0.3) is 0 Å². The van der Waals surface area contributed by atoms with Crippen molar-refractivity contribution in [3.63, 3.8) is 0 Å². The Morgan fingerprint density at radius 1 is 1.18 bits per heavy atom. The molecule has 1 aromatic heterocycles. The number of nitrogens with zero attached hydrogens (tertiary/aromatic N) is 1. The zero-order chi connectivity index (χ0) is 12.4. The van der Waals surface area contributed by atoms with Crippen LogP contribution in [0.3, 0.4) is 0 Å². The number of aromatic nitrogens is 1. The molecule has 4 N–H and O–H groups in total. The lowest BCUT2D eigenvalue weighted by Crippen LogP contribution is -2.09. The average molecular weight is 227 g/mol. The number of pyridine rings is 1. The highest BCUT2D eigenvalue weighted by atomic mass is 16.1. The highest BCUT2D eigenvalue weighted by molar-refractivity contribution is 6.14. The molecular formula is C13H13N3O. The standard InChI is InChI=1S/C13H13N3O/c1-8-4-5-11(14)10(7-8)12(17)9-3-2-6-16-13(9)15/h2-7H,14H2,1H3,(H2,15,16). The summed E-state index contributed by atoms with van der Waals surface area (Å²) in [6, 6.07) is 8.65. The maximum Gasteiger partial charge on any atom is 0.198 e. The van der Waals surface area contributed by atoms with Crippen LogP contribution >= 0.6 is 0 Å². The molecule has 86 valence electrons. The average Bonchev–Trinajstić information content (AvgIpc) is 2.32. The highest BCUT2D eigenvalue weighted by Gasteiger charge is 2.15. The number of aryl methyl sites for hydroxylation is 1. The fourth-order valence-corrected chi connectivity index (χ4v) is 1.62. The van der Waals surface area contributed by atoms with E-state index in [-0.39, 0.29) is 11.6 Å². The normalized spacial score (nSPS) is 10.2. The van der Waals surface area contributed by atoms with Gasteiger partial charge in [0.05, 0.1) is 5.56 Å². The monoisotopic (exact) mass is 227 g/mol. The summed E-state index contributed by atoms with van der Waals surface area (Å²) in [5.74, 6) is 0.0233. The summed E-state index contributed by atoms with van der Waals surface area (Å²) in [6.45, 7) is 1.91. The molecule has 0 amide bonds. The Bertz CT molecular complexity index is 579. The van der Waals surface area contributed by atoms with Crippen molar-refractivity contribution >= 4 is 17.3 Å². The van der Waals surface area contributed by atoms with Crippen LogP contribution in [0.15, 0.2) is 36.5 Å². The van der Waals surface area contributed by atoms with Crippen LogP contribution < -0.4 is 11.5 Å². The van der Waals surface area contributed by atoms with Gasteiger partial charge in [0.2, 0.25) is 0 Å². The van der Waals surface area contributed by atoms with E-state index < -0.39 is 0 Å². The first-order valence-corrected chi connectivity index (χ1v) is 5.21. The fourth-order valence-electron chi connectivity index (χ4n) is 1.62. The van der Waals surface area contributed by atoms with Gasteiger partial charge in [0, 0.05) is 17.4 Å². The van der Waals surface area contributed by atoms with E-state index in [1.807, 2.05) is 13.0 Å². The Balaban J connectivity index is 2.51. The SMILES string of the molecule is Cc1ccc(N)c(C(=O)c2cccnc2N)c1. The smallest absolute Gasteiger partial charge is 0.198 e. The molecule has 1 heterocycles. The number of rotatable bonds is 2. The molecule has 0 unspecified atom stereocenters. The van der Waals surface area contributed by atoms with Gasteiger partial charge in [-0.2, -0.15) is 0 Å². The molecule has 17 heavy (non-hydrogen) atoms. The van der Waals surface area contributed by atoms with Gasteiger partial charge in [-0.25, -0.2) is 4.98 Å². The molecule has 0 saturated heterocycles. The Morgan fingerprint density at radius 2 is 1.94 bits per heavy atom. The summed E-state index contributed by atoms with van der Waals surface area (Å²) in [7, 11) is 0. The molecular weight excluding hydrogens is 214 g/mol. The van der Waals surface area contributed by atoms with Gasteiger partial charge in [-0.15, -0.1) is 0 Å². The maximum atomic E-state index is 12.2. The molecule has 4 nitrogen and oxygen atoms in total. The van der Waals surface area contributed by atoms with Gasteiger partial charge in [-0.05, 0) is 31.2 Å². The minimum Gasteiger partial charge on any atom is -0.398 e. The minimum absolute atomic E-state index is 0.197. The molecule has 0 radical (unpaired) electrons. The van der Waals surface area contributed by atoms with Crippen molar-refractivity contribution in [3.8, 4) is 0 Å². The van der Waals surface area contributed by atoms with E-state index in [4.69, 9.17) is 11.5 Å². The second-order valence-electron chi connectivity index (χ2n) is 3.86. The molecule has 0 saturated carbocycles. The lowest BCUT2D eigenvalue weighted by atomic mass is 10.0. The third-order valence-corrected chi connectivity index (χ3v) is 2.54. The van der Waals surface area contributed by atoms with Gasteiger partial charge in [0.25, 0.3) is 0 Å². The van der Waals surface area contributed by atoms with Crippen molar-refractivity contribution in [1.82, 2.24) is 4.98 Å². The second kappa shape index (κ2) is 4.25.